The van der Waals surface area contributed by atoms with Crippen molar-refractivity contribution < 1.29 is 9.53 Å². The fourth-order valence-corrected chi connectivity index (χ4v) is 2.18. The van der Waals surface area contributed by atoms with Crippen LogP contribution in [0.15, 0.2) is 55.1 Å². The summed E-state index contributed by atoms with van der Waals surface area (Å²) in [7, 11) is 0. The summed E-state index contributed by atoms with van der Waals surface area (Å²) in [4.78, 5) is 12.5. The SMILES string of the molecule is C=C(C(=O)c1ccc(OCCC(C)C)cc1)c1ccc(C)cc1. The van der Waals surface area contributed by atoms with E-state index < -0.39 is 0 Å². The van der Waals surface area contributed by atoms with Gasteiger partial charge in [0.15, 0.2) is 5.78 Å². The zero-order valence-corrected chi connectivity index (χ0v) is 14.1. The number of Topliss-reactive ketones (excluding diaryl/α,β-unsaturated/α-hetero) is 1. The monoisotopic (exact) mass is 308 g/mol. The van der Waals surface area contributed by atoms with Gasteiger partial charge in [-0.05, 0) is 49.1 Å². The van der Waals surface area contributed by atoms with Crippen molar-refractivity contribution in [3.63, 3.8) is 0 Å². The molecule has 0 atom stereocenters. The van der Waals surface area contributed by atoms with Crippen LogP contribution >= 0.6 is 0 Å². The summed E-state index contributed by atoms with van der Waals surface area (Å²) in [5, 5.41) is 0. The highest BCUT2D eigenvalue weighted by Gasteiger charge is 2.12. The van der Waals surface area contributed by atoms with Crippen LogP contribution in [0.5, 0.6) is 5.75 Å². The number of allylic oxidation sites excluding steroid dienone is 1. The van der Waals surface area contributed by atoms with Crippen LogP contribution < -0.4 is 4.74 Å². The number of hydrogen-bond donors (Lipinski definition) is 0. The minimum absolute atomic E-state index is 0.0532. The van der Waals surface area contributed by atoms with Crippen molar-refractivity contribution in [1.29, 1.82) is 0 Å². The molecule has 2 aromatic carbocycles. The fourth-order valence-electron chi connectivity index (χ4n) is 2.18. The van der Waals surface area contributed by atoms with E-state index in [2.05, 4.69) is 20.4 Å². The number of aryl methyl sites for hydroxylation is 1. The minimum atomic E-state index is -0.0532. The van der Waals surface area contributed by atoms with E-state index in [1.165, 1.54) is 0 Å². The van der Waals surface area contributed by atoms with Crippen LogP contribution in [0.1, 0.15) is 41.8 Å². The molecule has 0 heterocycles. The molecule has 2 nitrogen and oxygen atoms in total. The molecule has 2 heteroatoms. The third kappa shape index (κ3) is 4.82. The Labute approximate surface area is 138 Å². The van der Waals surface area contributed by atoms with E-state index in [1.807, 2.05) is 43.3 Å². The Kier molecular flexibility index (Phi) is 5.75. The molecule has 0 bridgehead atoms. The molecule has 23 heavy (non-hydrogen) atoms. The molecular weight excluding hydrogens is 284 g/mol. The summed E-state index contributed by atoms with van der Waals surface area (Å²) in [6.45, 7) is 11.0. The number of carbonyl (C=O) groups is 1. The molecule has 2 rings (SSSR count). The average molecular weight is 308 g/mol. The van der Waals surface area contributed by atoms with E-state index in [-0.39, 0.29) is 5.78 Å². The predicted molar refractivity (Wildman–Crippen MR) is 95.9 cm³/mol. The van der Waals surface area contributed by atoms with Crippen LogP contribution in [0.2, 0.25) is 0 Å². The van der Waals surface area contributed by atoms with E-state index in [0.29, 0.717) is 23.7 Å². The van der Waals surface area contributed by atoms with Gasteiger partial charge < -0.3 is 4.74 Å². The highest BCUT2D eigenvalue weighted by Crippen LogP contribution is 2.21. The maximum Gasteiger partial charge on any atom is 0.193 e. The van der Waals surface area contributed by atoms with Crippen molar-refractivity contribution in [3.05, 3.63) is 71.8 Å². The zero-order chi connectivity index (χ0) is 16.8. The normalized spacial score (nSPS) is 10.6. The molecule has 0 aromatic heterocycles. The van der Waals surface area contributed by atoms with Crippen molar-refractivity contribution in [3.8, 4) is 5.75 Å². The Morgan fingerprint density at radius 1 is 1.00 bits per heavy atom. The second kappa shape index (κ2) is 7.77. The Morgan fingerprint density at radius 2 is 1.57 bits per heavy atom. The lowest BCUT2D eigenvalue weighted by molar-refractivity contribution is 0.105. The summed E-state index contributed by atoms with van der Waals surface area (Å²) < 4.78 is 5.68. The van der Waals surface area contributed by atoms with Gasteiger partial charge in [-0.1, -0.05) is 50.3 Å². The molecule has 0 unspecified atom stereocenters. The summed E-state index contributed by atoms with van der Waals surface area (Å²) in [6, 6.07) is 15.1. The summed E-state index contributed by atoms with van der Waals surface area (Å²) in [5.74, 6) is 1.36. The second-order valence-electron chi connectivity index (χ2n) is 6.23. The molecule has 0 amide bonds. The van der Waals surface area contributed by atoms with Crippen molar-refractivity contribution in [2.75, 3.05) is 6.61 Å². The van der Waals surface area contributed by atoms with Gasteiger partial charge in [0.2, 0.25) is 0 Å². The van der Waals surface area contributed by atoms with Gasteiger partial charge >= 0.3 is 0 Å². The lowest BCUT2D eigenvalue weighted by atomic mass is 9.97. The first-order valence-corrected chi connectivity index (χ1v) is 8.01. The number of rotatable bonds is 7. The number of carbonyl (C=O) groups excluding carboxylic acids is 1. The number of ketones is 1. The van der Waals surface area contributed by atoms with Gasteiger partial charge in [-0.15, -0.1) is 0 Å². The minimum Gasteiger partial charge on any atom is -0.494 e. The van der Waals surface area contributed by atoms with Gasteiger partial charge in [-0.3, -0.25) is 4.79 Å². The van der Waals surface area contributed by atoms with Gasteiger partial charge in [0.1, 0.15) is 5.75 Å². The first kappa shape index (κ1) is 17.0. The van der Waals surface area contributed by atoms with Crippen LogP contribution in [0.25, 0.3) is 5.57 Å². The number of hydrogen-bond acceptors (Lipinski definition) is 2. The molecule has 0 aliphatic carbocycles. The molecule has 0 spiro atoms. The topological polar surface area (TPSA) is 26.3 Å². The molecule has 0 aliphatic rings. The fraction of sp³-hybridized carbons (Fsp3) is 0.286. The van der Waals surface area contributed by atoms with Crippen molar-refractivity contribution in [1.82, 2.24) is 0 Å². The van der Waals surface area contributed by atoms with E-state index in [9.17, 15) is 4.79 Å². The van der Waals surface area contributed by atoms with Crippen LogP contribution in [0.3, 0.4) is 0 Å². The van der Waals surface area contributed by atoms with E-state index in [0.717, 1.165) is 23.3 Å². The highest BCUT2D eigenvalue weighted by molar-refractivity contribution is 6.28. The third-order valence-electron chi connectivity index (χ3n) is 3.75. The van der Waals surface area contributed by atoms with Gasteiger partial charge in [0, 0.05) is 11.1 Å². The van der Waals surface area contributed by atoms with Crippen molar-refractivity contribution >= 4 is 11.4 Å². The van der Waals surface area contributed by atoms with Gasteiger partial charge in [-0.25, -0.2) is 0 Å². The Morgan fingerprint density at radius 3 is 2.13 bits per heavy atom. The Hall–Kier alpha value is -2.35. The number of benzene rings is 2. The average Bonchev–Trinajstić information content (AvgIpc) is 2.54. The molecule has 0 saturated carbocycles. The summed E-state index contributed by atoms with van der Waals surface area (Å²) in [6.07, 6.45) is 1.02. The van der Waals surface area contributed by atoms with Crippen molar-refractivity contribution in [2.45, 2.75) is 27.2 Å². The second-order valence-corrected chi connectivity index (χ2v) is 6.23. The quantitative estimate of drug-likeness (QED) is 0.511. The van der Waals surface area contributed by atoms with Crippen LogP contribution in [0, 0.1) is 12.8 Å². The molecule has 2 aromatic rings. The summed E-state index contributed by atoms with van der Waals surface area (Å²) in [5.41, 5.74) is 3.17. The van der Waals surface area contributed by atoms with Crippen LogP contribution in [-0.2, 0) is 0 Å². The highest BCUT2D eigenvalue weighted by atomic mass is 16.5. The van der Waals surface area contributed by atoms with E-state index in [1.54, 1.807) is 12.1 Å². The molecule has 0 aliphatic heterocycles. The first-order chi connectivity index (χ1) is 11.0. The van der Waals surface area contributed by atoms with Crippen LogP contribution in [0.4, 0.5) is 0 Å². The maximum absolute atomic E-state index is 12.5. The van der Waals surface area contributed by atoms with Gasteiger partial charge in [0.25, 0.3) is 0 Å². The van der Waals surface area contributed by atoms with Gasteiger partial charge in [-0.2, -0.15) is 0 Å². The van der Waals surface area contributed by atoms with E-state index >= 15 is 0 Å². The summed E-state index contributed by atoms with van der Waals surface area (Å²) >= 11 is 0. The largest absolute Gasteiger partial charge is 0.494 e. The van der Waals surface area contributed by atoms with Crippen molar-refractivity contribution in [2.24, 2.45) is 5.92 Å². The van der Waals surface area contributed by atoms with Gasteiger partial charge in [0.05, 0.1) is 6.61 Å². The number of ether oxygens (including phenoxy) is 1. The van der Waals surface area contributed by atoms with Crippen LogP contribution in [-0.4, -0.2) is 12.4 Å². The molecule has 0 saturated heterocycles. The predicted octanol–water partition coefficient (Wildman–Crippen LogP) is 5.32. The Balaban J connectivity index is 2.02. The third-order valence-corrected chi connectivity index (χ3v) is 3.75. The maximum atomic E-state index is 12.5. The molecule has 120 valence electrons. The molecule has 0 N–H and O–H groups in total. The smallest absolute Gasteiger partial charge is 0.193 e. The zero-order valence-electron chi connectivity index (χ0n) is 14.1. The first-order valence-electron chi connectivity index (χ1n) is 8.01. The Bertz CT molecular complexity index is 664. The molecule has 0 fully saturated rings. The standard InChI is InChI=1S/C21H24O2/c1-15(2)13-14-23-20-11-9-19(10-12-20)21(22)17(4)18-7-5-16(3)6-8-18/h5-12,15H,4,13-14H2,1-3H3. The molecule has 0 radical (unpaired) electrons. The lowest BCUT2D eigenvalue weighted by Crippen LogP contribution is -2.03. The van der Waals surface area contributed by atoms with E-state index in [4.69, 9.17) is 4.74 Å². The molecular formula is C21H24O2. The lowest BCUT2D eigenvalue weighted by Gasteiger charge is -2.09.